The van der Waals surface area contributed by atoms with Crippen LogP contribution in [0.5, 0.6) is 0 Å². The molecule has 0 aromatic carbocycles. The minimum atomic E-state index is -0.153. The molecule has 0 atom stereocenters. The van der Waals surface area contributed by atoms with Crippen LogP contribution in [-0.4, -0.2) is 33.1 Å². The van der Waals surface area contributed by atoms with Crippen LogP contribution in [0.3, 0.4) is 0 Å². The van der Waals surface area contributed by atoms with Crippen LogP contribution in [0.4, 0.5) is 5.82 Å². The van der Waals surface area contributed by atoms with Gasteiger partial charge in [0.1, 0.15) is 10.3 Å². The van der Waals surface area contributed by atoms with Crippen LogP contribution in [-0.2, 0) is 6.61 Å². The summed E-state index contributed by atoms with van der Waals surface area (Å²) in [7, 11) is 0. The predicted molar refractivity (Wildman–Crippen MR) is 104 cm³/mol. The van der Waals surface area contributed by atoms with E-state index < -0.39 is 0 Å². The third-order valence-corrected chi connectivity index (χ3v) is 6.00. The van der Waals surface area contributed by atoms with Crippen molar-refractivity contribution >= 4 is 33.3 Å². The van der Waals surface area contributed by atoms with Gasteiger partial charge in [0, 0.05) is 24.8 Å². The van der Waals surface area contributed by atoms with Crippen LogP contribution in [0.1, 0.15) is 38.1 Å². The fourth-order valence-corrected chi connectivity index (χ4v) is 3.61. The number of aryl methyl sites for hydroxylation is 1. The second-order valence-electron chi connectivity index (χ2n) is 7.20. The molecule has 5 nitrogen and oxygen atoms in total. The van der Waals surface area contributed by atoms with E-state index in [0.717, 1.165) is 43.0 Å². The van der Waals surface area contributed by atoms with Gasteiger partial charge in [0.2, 0.25) is 0 Å². The van der Waals surface area contributed by atoms with Crippen molar-refractivity contribution in [3.05, 3.63) is 33.3 Å². The molecule has 0 unspecified atom stereocenters. The molecule has 3 rings (SSSR count). The highest BCUT2D eigenvalue weighted by Gasteiger charge is 2.28. The zero-order valence-electron chi connectivity index (χ0n) is 14.7. The summed E-state index contributed by atoms with van der Waals surface area (Å²) in [5, 5.41) is 10.4. The fourth-order valence-electron chi connectivity index (χ4n) is 3.08. The number of aliphatic hydroxyl groups excluding tert-OH is 1. The van der Waals surface area contributed by atoms with E-state index in [1.54, 1.807) is 6.20 Å². The van der Waals surface area contributed by atoms with Gasteiger partial charge in [0.05, 0.1) is 23.0 Å². The summed E-state index contributed by atoms with van der Waals surface area (Å²) in [6.45, 7) is 8.20. The molecule has 0 amide bonds. The Morgan fingerprint density at radius 3 is 2.60 bits per heavy atom. The van der Waals surface area contributed by atoms with Crippen molar-refractivity contribution in [2.24, 2.45) is 5.41 Å². The maximum Gasteiger partial charge on any atom is 0.153 e. The quantitative estimate of drug-likeness (QED) is 0.739. The van der Waals surface area contributed by atoms with Crippen molar-refractivity contribution in [3.63, 3.8) is 0 Å². The Morgan fingerprint density at radius 1 is 1.28 bits per heavy atom. The summed E-state index contributed by atoms with van der Waals surface area (Å²) < 4.78 is 0.570. The number of nitrogens with zero attached hydrogens (tertiary/aromatic N) is 4. The smallest absolute Gasteiger partial charge is 0.153 e. The Bertz CT molecular complexity index is 787. The van der Waals surface area contributed by atoms with Gasteiger partial charge in [-0.25, -0.2) is 15.0 Å². The van der Waals surface area contributed by atoms with E-state index in [0.29, 0.717) is 26.4 Å². The maximum absolute atomic E-state index is 9.85. The van der Waals surface area contributed by atoms with E-state index in [1.165, 1.54) is 0 Å². The normalized spacial score (nSPS) is 17.0. The summed E-state index contributed by atoms with van der Waals surface area (Å²) in [4.78, 5) is 15.8. The Kier molecular flexibility index (Phi) is 5.32. The number of halogens is 2. The molecule has 0 spiro atoms. The number of aromatic nitrogens is 3. The Balaban J connectivity index is 2.01. The van der Waals surface area contributed by atoms with Gasteiger partial charge < -0.3 is 10.0 Å². The Morgan fingerprint density at radius 2 is 1.96 bits per heavy atom. The van der Waals surface area contributed by atoms with E-state index in [-0.39, 0.29) is 6.61 Å². The van der Waals surface area contributed by atoms with E-state index in [4.69, 9.17) is 16.6 Å². The molecule has 0 aliphatic carbocycles. The third kappa shape index (κ3) is 3.81. The summed E-state index contributed by atoms with van der Waals surface area (Å²) in [6.07, 6.45) is 3.87. The van der Waals surface area contributed by atoms with Crippen molar-refractivity contribution in [3.8, 4) is 11.3 Å². The lowest BCUT2D eigenvalue weighted by molar-refractivity contribution is 0.268. The Hall–Kier alpha value is -1.24. The molecule has 0 bridgehead atoms. The first-order chi connectivity index (χ1) is 11.8. The lowest BCUT2D eigenvalue weighted by atomic mass is 9.82. The predicted octanol–water partition coefficient (Wildman–Crippen LogP) is 4.38. The number of pyridine rings is 1. The largest absolute Gasteiger partial charge is 0.390 e. The lowest BCUT2D eigenvalue weighted by Gasteiger charge is -2.38. The van der Waals surface area contributed by atoms with Crippen molar-refractivity contribution < 1.29 is 5.11 Å². The standard InChI is InChI=1S/C18H22BrClN4O/c1-11-15(12-4-7-21-16(19)14(12)20)23-13(10-25)17(22-11)24-8-5-18(2,3)6-9-24/h4,7,25H,5-6,8-10H2,1-3H3. The van der Waals surface area contributed by atoms with E-state index in [9.17, 15) is 5.11 Å². The maximum atomic E-state index is 9.85. The van der Waals surface area contributed by atoms with Crippen LogP contribution in [0.15, 0.2) is 16.9 Å². The van der Waals surface area contributed by atoms with Crippen LogP contribution in [0, 0.1) is 12.3 Å². The van der Waals surface area contributed by atoms with E-state index in [1.807, 2.05) is 13.0 Å². The van der Waals surface area contributed by atoms with Gasteiger partial charge in [-0.3, -0.25) is 0 Å². The van der Waals surface area contributed by atoms with Crippen molar-refractivity contribution in [2.75, 3.05) is 18.0 Å². The van der Waals surface area contributed by atoms with Crippen molar-refractivity contribution in [1.82, 2.24) is 15.0 Å². The van der Waals surface area contributed by atoms with Gasteiger partial charge in [0.25, 0.3) is 0 Å². The molecule has 1 aliphatic rings. The zero-order valence-corrected chi connectivity index (χ0v) is 17.0. The molecule has 25 heavy (non-hydrogen) atoms. The number of hydrogen-bond acceptors (Lipinski definition) is 5. The van der Waals surface area contributed by atoms with Crippen LogP contribution in [0.2, 0.25) is 5.02 Å². The number of aliphatic hydroxyl groups is 1. The monoisotopic (exact) mass is 424 g/mol. The molecule has 1 fully saturated rings. The van der Waals surface area contributed by atoms with Crippen molar-refractivity contribution in [1.29, 1.82) is 0 Å². The number of anilines is 1. The molecule has 1 N–H and O–H groups in total. The van der Waals surface area contributed by atoms with Gasteiger partial charge in [-0.2, -0.15) is 0 Å². The van der Waals surface area contributed by atoms with Gasteiger partial charge in [0.15, 0.2) is 5.82 Å². The van der Waals surface area contributed by atoms with Crippen LogP contribution >= 0.6 is 27.5 Å². The van der Waals surface area contributed by atoms with E-state index in [2.05, 4.69) is 44.6 Å². The second-order valence-corrected chi connectivity index (χ2v) is 8.33. The molecule has 7 heteroatoms. The van der Waals surface area contributed by atoms with Gasteiger partial charge in [-0.15, -0.1) is 0 Å². The zero-order chi connectivity index (χ0) is 18.2. The summed E-state index contributed by atoms with van der Waals surface area (Å²) >= 11 is 9.71. The number of rotatable bonds is 3. The lowest BCUT2D eigenvalue weighted by Crippen LogP contribution is -2.38. The molecule has 3 heterocycles. The first-order valence-electron chi connectivity index (χ1n) is 8.36. The summed E-state index contributed by atoms with van der Waals surface area (Å²) in [5.41, 5.74) is 3.17. The highest BCUT2D eigenvalue weighted by atomic mass is 79.9. The minimum absolute atomic E-state index is 0.153. The topological polar surface area (TPSA) is 62.1 Å². The molecule has 2 aromatic heterocycles. The molecule has 1 aliphatic heterocycles. The number of hydrogen-bond donors (Lipinski definition) is 1. The summed E-state index contributed by atoms with van der Waals surface area (Å²) in [5.74, 6) is 0.781. The van der Waals surface area contributed by atoms with Crippen LogP contribution in [0.25, 0.3) is 11.3 Å². The average molecular weight is 426 g/mol. The first kappa shape index (κ1) is 18.5. The minimum Gasteiger partial charge on any atom is -0.390 e. The molecular formula is C18H22BrClN4O. The van der Waals surface area contributed by atoms with Crippen molar-refractivity contribution in [2.45, 2.75) is 40.2 Å². The summed E-state index contributed by atoms with van der Waals surface area (Å²) in [6, 6.07) is 1.81. The molecule has 0 radical (unpaired) electrons. The van der Waals surface area contributed by atoms with Gasteiger partial charge in [-0.1, -0.05) is 25.4 Å². The first-order valence-corrected chi connectivity index (χ1v) is 9.53. The van der Waals surface area contributed by atoms with Gasteiger partial charge in [-0.05, 0) is 47.2 Å². The van der Waals surface area contributed by atoms with E-state index >= 15 is 0 Å². The number of piperidine rings is 1. The molecule has 0 saturated carbocycles. The average Bonchev–Trinajstić information content (AvgIpc) is 2.57. The molecule has 134 valence electrons. The second kappa shape index (κ2) is 7.17. The third-order valence-electron chi connectivity index (χ3n) is 4.79. The van der Waals surface area contributed by atoms with Gasteiger partial charge >= 0.3 is 0 Å². The molecular weight excluding hydrogens is 404 g/mol. The fraction of sp³-hybridized carbons (Fsp3) is 0.500. The molecule has 1 saturated heterocycles. The highest BCUT2D eigenvalue weighted by Crippen LogP contribution is 2.36. The highest BCUT2D eigenvalue weighted by molar-refractivity contribution is 9.10. The van der Waals surface area contributed by atoms with Crippen LogP contribution < -0.4 is 4.90 Å². The Labute approximate surface area is 161 Å². The molecule has 2 aromatic rings. The SMILES string of the molecule is Cc1nc(N2CCC(C)(C)CC2)c(CO)nc1-c1ccnc(Br)c1Cl.